The third-order valence-electron chi connectivity index (χ3n) is 22.9. The van der Waals surface area contributed by atoms with E-state index in [2.05, 4.69) is 431 Å². The summed E-state index contributed by atoms with van der Waals surface area (Å²) in [7, 11) is 0. The molecule has 0 radical (unpaired) electrons. The Kier molecular flexibility index (Phi) is 16.0. The Morgan fingerprint density at radius 1 is 0.193 bits per heavy atom. The maximum absolute atomic E-state index is 6.37. The zero-order valence-corrected chi connectivity index (χ0v) is 62.8. The molecule has 0 aliphatic rings. The summed E-state index contributed by atoms with van der Waals surface area (Å²) in [6.07, 6.45) is 0. The number of hydrogen-bond donors (Lipinski definition) is 0. The summed E-state index contributed by atoms with van der Waals surface area (Å²) < 4.78 is 13.7. The lowest BCUT2D eigenvalue weighted by Gasteiger charge is -2.26. The van der Waals surface area contributed by atoms with Crippen LogP contribution in [0, 0.1) is 0 Å². The highest BCUT2D eigenvalue weighted by atomic mass is 32.1. The number of nitrogens with zero attached hydrogens (tertiary/aromatic N) is 4. The Labute approximate surface area is 663 Å². The Morgan fingerprint density at radius 3 is 0.982 bits per heavy atom. The number of fused-ring (bicyclic) bond motifs is 12. The molecule has 114 heavy (non-hydrogen) atoms. The molecule has 4 aromatic heterocycles. The average Bonchev–Trinajstić information content (AvgIpc) is 1.60. The van der Waals surface area contributed by atoms with Crippen molar-refractivity contribution in [3.05, 3.63) is 425 Å². The zero-order chi connectivity index (χ0) is 75.2. The normalized spacial score (nSPS) is 11.7. The average molecular weight is 1470 g/mol. The fraction of sp³-hybridized carbons (Fsp3) is 0. The highest BCUT2D eigenvalue weighted by Gasteiger charge is 2.22. The molecule has 0 spiro atoms. The lowest BCUT2D eigenvalue weighted by Crippen LogP contribution is -2.09. The molecular formula is C108H70N4OS. The second-order valence-corrected chi connectivity index (χ2v) is 30.6. The topological polar surface area (TPSA) is 29.5 Å². The van der Waals surface area contributed by atoms with Crippen LogP contribution in [0.4, 0.5) is 34.1 Å². The molecule has 18 aromatic carbocycles. The van der Waals surface area contributed by atoms with Gasteiger partial charge in [0.2, 0.25) is 0 Å². The maximum Gasteiger partial charge on any atom is 0.136 e. The number of benzene rings is 18. The molecule has 0 saturated carbocycles. The minimum atomic E-state index is 0.883. The molecule has 0 fully saturated rings. The monoisotopic (exact) mass is 1470 g/mol. The molecular weight excluding hydrogens is 1400 g/mol. The molecule has 0 aliphatic carbocycles. The molecule has 5 nitrogen and oxygen atoms in total. The molecule has 4 heterocycles. The van der Waals surface area contributed by atoms with Crippen molar-refractivity contribution >= 4 is 131 Å². The second kappa shape index (κ2) is 27.6. The van der Waals surface area contributed by atoms with Crippen LogP contribution in [0.3, 0.4) is 0 Å². The fourth-order valence-corrected chi connectivity index (χ4v) is 18.6. The number of aromatic nitrogens is 2. The van der Waals surface area contributed by atoms with Gasteiger partial charge in [0, 0.05) is 98.0 Å². The van der Waals surface area contributed by atoms with Gasteiger partial charge in [-0.2, -0.15) is 0 Å². The van der Waals surface area contributed by atoms with E-state index in [1.165, 1.54) is 86.0 Å². The van der Waals surface area contributed by atoms with Gasteiger partial charge in [0.25, 0.3) is 0 Å². The predicted octanol–water partition coefficient (Wildman–Crippen LogP) is 30.8. The number of rotatable bonds is 15. The van der Waals surface area contributed by atoms with Crippen molar-refractivity contribution < 1.29 is 4.42 Å². The Hall–Kier alpha value is -14.8. The van der Waals surface area contributed by atoms with E-state index in [-0.39, 0.29) is 0 Å². The summed E-state index contributed by atoms with van der Waals surface area (Å²) in [4.78, 5) is 4.75. The van der Waals surface area contributed by atoms with Crippen molar-refractivity contribution in [3.8, 4) is 89.3 Å². The number of hydrogen-bond acceptors (Lipinski definition) is 4. The van der Waals surface area contributed by atoms with E-state index in [1.54, 1.807) is 0 Å². The quantitative estimate of drug-likeness (QED) is 0.102. The van der Waals surface area contributed by atoms with Crippen LogP contribution in [0.1, 0.15) is 0 Å². The van der Waals surface area contributed by atoms with E-state index >= 15 is 0 Å². The number of anilines is 6. The summed E-state index contributed by atoms with van der Waals surface area (Å²) in [5.74, 6) is 0. The lowest BCUT2D eigenvalue weighted by molar-refractivity contribution is 0.669. The van der Waals surface area contributed by atoms with Gasteiger partial charge < -0.3 is 23.4 Å². The van der Waals surface area contributed by atoms with Crippen molar-refractivity contribution in [1.29, 1.82) is 0 Å². The molecule has 0 atom stereocenters. The van der Waals surface area contributed by atoms with Crippen LogP contribution >= 0.6 is 11.3 Å². The second-order valence-electron chi connectivity index (χ2n) is 29.5. The SMILES string of the molecule is c1ccc(-c2ccc(N(c3ccc(-c4cccc(-n5c6ccccc6c6ccccc65)c4)cc3)c3ccc(-c4cc(-c5cccc(-c6ccc(N(c7ccc(-c8cccc(-n9c%10ccccc%10c%10ccccc%109)c8)cc7)c7ccc(-c8ccc9c(c8)oc8ccccc89)cc7)cc6)c5)cc5sc6ccccc6c45)cc3)cc2)cc1. The molecule has 534 valence electrons. The molecule has 0 N–H and O–H groups in total. The van der Waals surface area contributed by atoms with Crippen LogP contribution in [0.5, 0.6) is 0 Å². The Bertz CT molecular complexity index is 7330. The van der Waals surface area contributed by atoms with Crippen LogP contribution in [0.2, 0.25) is 0 Å². The van der Waals surface area contributed by atoms with Gasteiger partial charge in [-0.15, -0.1) is 11.3 Å². The van der Waals surface area contributed by atoms with Gasteiger partial charge in [-0.1, -0.05) is 261 Å². The third kappa shape index (κ3) is 11.6. The first-order valence-corrected chi connectivity index (χ1v) is 39.7. The van der Waals surface area contributed by atoms with Gasteiger partial charge in [0.1, 0.15) is 11.2 Å². The van der Waals surface area contributed by atoms with Gasteiger partial charge >= 0.3 is 0 Å². The van der Waals surface area contributed by atoms with Crippen molar-refractivity contribution in [2.45, 2.75) is 0 Å². The molecule has 22 aromatic rings. The number of furan rings is 1. The molecule has 22 rings (SSSR count). The Morgan fingerprint density at radius 2 is 0.518 bits per heavy atom. The smallest absolute Gasteiger partial charge is 0.136 e. The maximum atomic E-state index is 6.37. The van der Waals surface area contributed by atoms with Gasteiger partial charge in [0.15, 0.2) is 0 Å². The molecule has 0 amide bonds. The van der Waals surface area contributed by atoms with Crippen molar-refractivity contribution in [1.82, 2.24) is 9.13 Å². The van der Waals surface area contributed by atoms with Crippen LogP contribution in [-0.4, -0.2) is 9.13 Å². The van der Waals surface area contributed by atoms with Crippen LogP contribution in [0.25, 0.3) is 175 Å². The summed E-state index contributed by atoms with van der Waals surface area (Å²) in [5, 5.41) is 9.79. The van der Waals surface area contributed by atoms with Crippen molar-refractivity contribution in [2.75, 3.05) is 9.80 Å². The predicted molar refractivity (Wildman–Crippen MR) is 483 cm³/mol. The first-order valence-electron chi connectivity index (χ1n) is 38.9. The minimum absolute atomic E-state index is 0.883. The highest BCUT2D eigenvalue weighted by Crippen LogP contribution is 2.47. The summed E-state index contributed by atoms with van der Waals surface area (Å²) >= 11 is 1.86. The Balaban J connectivity index is 0.591. The molecule has 0 aliphatic heterocycles. The van der Waals surface area contributed by atoms with E-state index in [4.69, 9.17) is 4.42 Å². The fourth-order valence-electron chi connectivity index (χ4n) is 17.4. The standard InChI is InChI=1S/C108H70N4OS/c1-2-19-71(20-3-1)72-39-52-84(53-40-72)110(87-58-45-75(46-59-87)81-24-18-26-91(67-81)112-102-35-12-6-29-94(102)95-30-7-13-36-103(95)112)89-62-49-77(50-63-89)99-68-83(70-107-108(99)98-32-9-15-38-106(98)114-107)79-22-16-21-78(65-79)73-41-54-85(55-42-73)109(88-60-47-76(48-61-88)82-51-64-97-96-31-8-14-37-104(96)113-105(97)69-82)86-56-43-74(44-57-86)80-23-17-25-90(66-80)111-100-33-10-4-27-92(100)93-28-5-11-34-101(93)111/h1-70H. The van der Waals surface area contributed by atoms with E-state index in [0.717, 1.165) is 123 Å². The van der Waals surface area contributed by atoms with Crippen molar-refractivity contribution in [2.24, 2.45) is 0 Å². The third-order valence-corrected chi connectivity index (χ3v) is 24.0. The number of para-hydroxylation sites is 5. The number of thiophene rings is 1. The van der Waals surface area contributed by atoms with Crippen LogP contribution in [-0.2, 0) is 0 Å². The van der Waals surface area contributed by atoms with Gasteiger partial charge in [-0.05, 0) is 242 Å². The molecule has 6 heteroatoms. The summed E-state index contributed by atoms with van der Waals surface area (Å²) in [6.45, 7) is 0. The summed E-state index contributed by atoms with van der Waals surface area (Å²) in [5.41, 5.74) is 31.3. The molecule has 0 saturated heterocycles. The lowest BCUT2D eigenvalue weighted by atomic mass is 9.93. The van der Waals surface area contributed by atoms with E-state index in [9.17, 15) is 0 Å². The first-order chi connectivity index (χ1) is 56.5. The van der Waals surface area contributed by atoms with Crippen LogP contribution < -0.4 is 9.80 Å². The van der Waals surface area contributed by atoms with Gasteiger partial charge in [-0.3, -0.25) is 0 Å². The van der Waals surface area contributed by atoms with E-state index in [1.807, 2.05) is 23.5 Å². The van der Waals surface area contributed by atoms with Crippen molar-refractivity contribution in [3.63, 3.8) is 0 Å². The molecule has 0 bridgehead atoms. The van der Waals surface area contributed by atoms with E-state index < -0.39 is 0 Å². The van der Waals surface area contributed by atoms with Gasteiger partial charge in [0.05, 0.1) is 22.1 Å². The minimum Gasteiger partial charge on any atom is -0.456 e. The molecule has 0 unspecified atom stereocenters. The summed E-state index contributed by atoms with van der Waals surface area (Å²) in [6, 6.07) is 155. The zero-order valence-electron chi connectivity index (χ0n) is 62.0. The van der Waals surface area contributed by atoms with Crippen LogP contribution in [0.15, 0.2) is 429 Å². The highest BCUT2D eigenvalue weighted by molar-refractivity contribution is 7.26. The van der Waals surface area contributed by atoms with Gasteiger partial charge in [-0.25, -0.2) is 0 Å². The van der Waals surface area contributed by atoms with E-state index in [0.29, 0.717) is 0 Å². The largest absolute Gasteiger partial charge is 0.456 e. The first kappa shape index (κ1) is 66.2.